The predicted octanol–water partition coefficient (Wildman–Crippen LogP) is 4.23. The van der Waals surface area contributed by atoms with Crippen LogP contribution in [0.15, 0.2) is 52.3 Å². The van der Waals surface area contributed by atoms with E-state index in [1.165, 1.54) is 16.4 Å². The summed E-state index contributed by atoms with van der Waals surface area (Å²) in [6.07, 6.45) is 1.74. The van der Waals surface area contributed by atoms with E-state index in [9.17, 15) is 17.6 Å². The minimum atomic E-state index is -3.68. The first kappa shape index (κ1) is 21.6. The Balaban J connectivity index is 1.38. The van der Waals surface area contributed by atoms with Crippen molar-refractivity contribution < 1.29 is 17.6 Å². The van der Waals surface area contributed by atoms with Crippen LogP contribution in [-0.4, -0.2) is 37.5 Å². The van der Waals surface area contributed by atoms with Crippen molar-refractivity contribution in [2.24, 2.45) is 5.92 Å². The van der Waals surface area contributed by atoms with Crippen molar-refractivity contribution in [2.45, 2.75) is 35.1 Å². The van der Waals surface area contributed by atoms with Crippen LogP contribution in [-0.2, 0) is 14.8 Å². The molecule has 0 saturated carbocycles. The number of hydrogen-bond donors (Lipinski definition) is 1. The lowest BCUT2D eigenvalue weighted by Crippen LogP contribution is -2.44. The number of thioether (sulfide) groups is 1. The number of fused-ring (bicyclic) bond motifs is 1. The van der Waals surface area contributed by atoms with E-state index in [2.05, 4.69) is 5.32 Å². The van der Waals surface area contributed by atoms with Gasteiger partial charge in [-0.15, -0.1) is 11.8 Å². The summed E-state index contributed by atoms with van der Waals surface area (Å²) < 4.78 is 40.0. The van der Waals surface area contributed by atoms with Crippen LogP contribution in [0.4, 0.5) is 4.39 Å². The second kappa shape index (κ2) is 8.86. The van der Waals surface area contributed by atoms with E-state index in [4.69, 9.17) is 11.6 Å². The first-order valence-electron chi connectivity index (χ1n) is 9.83. The van der Waals surface area contributed by atoms with Crippen LogP contribution in [0.5, 0.6) is 0 Å². The molecule has 160 valence electrons. The molecule has 9 heteroatoms. The van der Waals surface area contributed by atoms with Crippen LogP contribution in [0.2, 0.25) is 5.02 Å². The number of rotatable bonds is 4. The van der Waals surface area contributed by atoms with E-state index < -0.39 is 15.8 Å². The molecule has 2 aromatic carbocycles. The number of carbonyl (C=O) groups excluding carboxylic acids is 1. The number of carbonyl (C=O) groups is 1. The fraction of sp³-hybridized carbons (Fsp3) is 0.381. The molecule has 0 spiro atoms. The highest BCUT2D eigenvalue weighted by molar-refractivity contribution is 7.99. The van der Waals surface area contributed by atoms with Crippen molar-refractivity contribution in [1.82, 2.24) is 9.62 Å². The Morgan fingerprint density at radius 1 is 1.10 bits per heavy atom. The van der Waals surface area contributed by atoms with Gasteiger partial charge in [0.2, 0.25) is 15.9 Å². The molecule has 2 aliphatic rings. The van der Waals surface area contributed by atoms with Gasteiger partial charge in [-0.25, -0.2) is 12.8 Å². The van der Waals surface area contributed by atoms with Gasteiger partial charge in [-0.3, -0.25) is 4.79 Å². The Hall–Kier alpha value is -1.61. The number of sulfonamides is 1. The van der Waals surface area contributed by atoms with Crippen LogP contribution in [0.1, 0.15) is 30.9 Å². The summed E-state index contributed by atoms with van der Waals surface area (Å²) in [5.41, 5.74) is 1.04. The van der Waals surface area contributed by atoms with E-state index in [0.717, 1.165) is 34.8 Å². The SMILES string of the molecule is O=C(NC1CCSc2ccc(Cl)cc21)C1CCN(S(=O)(=O)c2ccc(F)cc2)CC1. The Morgan fingerprint density at radius 2 is 1.80 bits per heavy atom. The molecule has 1 unspecified atom stereocenters. The van der Waals surface area contributed by atoms with E-state index >= 15 is 0 Å². The summed E-state index contributed by atoms with van der Waals surface area (Å²) in [5, 5.41) is 3.79. The third-order valence-corrected chi connectivity index (χ3v) is 8.87. The maximum absolute atomic E-state index is 13.1. The lowest BCUT2D eigenvalue weighted by atomic mass is 9.95. The van der Waals surface area contributed by atoms with Crippen molar-refractivity contribution in [2.75, 3.05) is 18.8 Å². The number of benzene rings is 2. The zero-order valence-corrected chi connectivity index (χ0v) is 18.6. The second-order valence-corrected chi connectivity index (χ2v) is 11.0. The first-order chi connectivity index (χ1) is 14.3. The molecule has 0 bridgehead atoms. The first-order valence-corrected chi connectivity index (χ1v) is 12.6. The molecule has 1 amide bonds. The Morgan fingerprint density at radius 3 is 2.50 bits per heavy atom. The fourth-order valence-electron chi connectivity index (χ4n) is 3.92. The van der Waals surface area contributed by atoms with Gasteiger partial charge in [0.15, 0.2) is 0 Å². The van der Waals surface area contributed by atoms with Crippen LogP contribution in [0.25, 0.3) is 0 Å². The summed E-state index contributed by atoms with van der Waals surface area (Å²) in [7, 11) is -3.68. The largest absolute Gasteiger partial charge is 0.349 e. The van der Waals surface area contributed by atoms with Crippen molar-refractivity contribution in [1.29, 1.82) is 0 Å². The van der Waals surface area contributed by atoms with Gasteiger partial charge in [-0.05, 0) is 67.3 Å². The number of amides is 1. The summed E-state index contributed by atoms with van der Waals surface area (Å²) in [6.45, 7) is 0.529. The second-order valence-electron chi connectivity index (χ2n) is 7.51. The Labute approximate surface area is 185 Å². The van der Waals surface area contributed by atoms with Gasteiger partial charge in [-0.2, -0.15) is 4.31 Å². The predicted molar refractivity (Wildman–Crippen MR) is 116 cm³/mol. The highest BCUT2D eigenvalue weighted by Gasteiger charge is 2.33. The van der Waals surface area contributed by atoms with Gasteiger partial charge < -0.3 is 5.32 Å². The maximum atomic E-state index is 13.1. The van der Waals surface area contributed by atoms with E-state index in [1.807, 2.05) is 18.2 Å². The smallest absolute Gasteiger partial charge is 0.243 e. The van der Waals surface area contributed by atoms with Gasteiger partial charge in [0.1, 0.15) is 5.82 Å². The third-order valence-electron chi connectivity index (χ3n) is 5.60. The lowest BCUT2D eigenvalue weighted by molar-refractivity contribution is -0.126. The molecule has 1 saturated heterocycles. The third kappa shape index (κ3) is 4.51. The zero-order valence-electron chi connectivity index (χ0n) is 16.2. The van der Waals surface area contributed by atoms with Crippen molar-refractivity contribution in [3.05, 3.63) is 58.9 Å². The quantitative estimate of drug-likeness (QED) is 0.729. The monoisotopic (exact) mass is 468 g/mol. The van der Waals surface area contributed by atoms with E-state index in [1.54, 1.807) is 11.8 Å². The number of piperidine rings is 1. The van der Waals surface area contributed by atoms with Gasteiger partial charge >= 0.3 is 0 Å². The molecule has 1 fully saturated rings. The average Bonchev–Trinajstić information content (AvgIpc) is 2.74. The minimum Gasteiger partial charge on any atom is -0.349 e. The summed E-state index contributed by atoms with van der Waals surface area (Å²) in [5.74, 6) is 0.167. The standard InChI is InChI=1S/C21H22ClFN2O3S2/c22-15-1-6-20-18(13-15)19(9-12-29-20)24-21(26)14-7-10-25(11-8-14)30(27,28)17-4-2-16(23)3-5-17/h1-6,13-14,19H,7-12H2,(H,24,26). The molecule has 1 atom stereocenters. The number of nitrogens with one attached hydrogen (secondary N) is 1. The molecular weight excluding hydrogens is 447 g/mol. The lowest BCUT2D eigenvalue weighted by Gasteiger charge is -2.32. The molecule has 4 rings (SSSR count). The molecule has 30 heavy (non-hydrogen) atoms. The summed E-state index contributed by atoms with van der Waals surface area (Å²) in [4.78, 5) is 14.1. The number of hydrogen-bond acceptors (Lipinski definition) is 4. The molecule has 0 radical (unpaired) electrons. The maximum Gasteiger partial charge on any atom is 0.243 e. The highest BCUT2D eigenvalue weighted by Crippen LogP contribution is 2.38. The van der Waals surface area contributed by atoms with Crippen LogP contribution < -0.4 is 5.32 Å². The molecule has 1 N–H and O–H groups in total. The van der Waals surface area contributed by atoms with Crippen molar-refractivity contribution in [3.8, 4) is 0 Å². The van der Waals surface area contributed by atoms with Crippen molar-refractivity contribution >= 4 is 39.3 Å². The van der Waals surface area contributed by atoms with Crippen molar-refractivity contribution in [3.63, 3.8) is 0 Å². The molecule has 2 aliphatic heterocycles. The Kier molecular flexibility index (Phi) is 6.39. The summed E-state index contributed by atoms with van der Waals surface area (Å²) >= 11 is 7.90. The average molecular weight is 469 g/mol. The topological polar surface area (TPSA) is 66.5 Å². The molecule has 0 aromatic heterocycles. The number of halogens is 2. The number of nitrogens with zero attached hydrogens (tertiary/aromatic N) is 1. The zero-order chi connectivity index (χ0) is 21.3. The van der Waals surface area contributed by atoms with E-state index in [0.29, 0.717) is 17.9 Å². The summed E-state index contributed by atoms with van der Waals surface area (Å²) in [6, 6.07) is 10.5. The van der Waals surface area contributed by atoms with Gasteiger partial charge in [-0.1, -0.05) is 11.6 Å². The van der Waals surface area contributed by atoms with Crippen LogP contribution >= 0.6 is 23.4 Å². The molecule has 0 aliphatic carbocycles. The highest BCUT2D eigenvalue weighted by atomic mass is 35.5. The normalized spacial score (nSPS) is 20.5. The van der Waals surface area contributed by atoms with Crippen LogP contribution in [0, 0.1) is 11.7 Å². The fourth-order valence-corrected chi connectivity index (χ4v) is 6.67. The minimum absolute atomic E-state index is 0.0448. The van der Waals surface area contributed by atoms with Gasteiger partial charge in [0, 0.05) is 34.7 Å². The van der Waals surface area contributed by atoms with E-state index in [-0.39, 0.29) is 35.9 Å². The molecule has 2 heterocycles. The Bertz CT molecular complexity index is 1040. The van der Waals surface area contributed by atoms with Gasteiger partial charge in [0.25, 0.3) is 0 Å². The molecular formula is C21H22ClFN2O3S2. The molecule has 5 nitrogen and oxygen atoms in total. The van der Waals surface area contributed by atoms with Gasteiger partial charge in [0.05, 0.1) is 10.9 Å². The molecule has 2 aromatic rings. The van der Waals surface area contributed by atoms with Crippen LogP contribution in [0.3, 0.4) is 0 Å².